The number of carbonyl (C=O) groups excluding carboxylic acids is 1. The molecule has 1 heterocycles. The molecule has 1 amide bonds. The number of hydrogen-bond acceptors (Lipinski definition) is 3. The zero-order chi connectivity index (χ0) is 10.6. The molecule has 0 atom stereocenters. The Bertz CT molecular complexity index is 193. The van der Waals surface area contributed by atoms with Gasteiger partial charge in [-0.25, -0.2) is 4.79 Å². The van der Waals surface area contributed by atoms with Gasteiger partial charge in [-0.05, 0) is 46.7 Å². The standard InChI is InChI=1S/C10H20N2O2/c1-10(2,3)12-9(13)14-8-4-6-11-7-5-8/h8,11H,4-7H2,1-3H3,(H,12,13). The number of ether oxygens (including phenoxy) is 1. The molecule has 4 nitrogen and oxygen atoms in total. The van der Waals surface area contributed by atoms with Crippen LogP contribution >= 0.6 is 0 Å². The summed E-state index contributed by atoms with van der Waals surface area (Å²) in [5.74, 6) is 0. The number of rotatable bonds is 1. The van der Waals surface area contributed by atoms with Gasteiger partial charge in [-0.2, -0.15) is 0 Å². The van der Waals surface area contributed by atoms with Gasteiger partial charge in [0.05, 0.1) is 0 Å². The van der Waals surface area contributed by atoms with Crippen molar-refractivity contribution in [3.05, 3.63) is 0 Å². The third-order valence-corrected chi connectivity index (χ3v) is 2.04. The number of piperidine rings is 1. The minimum atomic E-state index is -0.301. The fraction of sp³-hybridized carbons (Fsp3) is 0.900. The fourth-order valence-electron chi connectivity index (χ4n) is 1.40. The lowest BCUT2D eigenvalue weighted by molar-refractivity contribution is 0.0741. The van der Waals surface area contributed by atoms with Crippen LogP contribution in [0.4, 0.5) is 4.79 Å². The molecule has 2 N–H and O–H groups in total. The van der Waals surface area contributed by atoms with E-state index < -0.39 is 0 Å². The summed E-state index contributed by atoms with van der Waals surface area (Å²) in [6.07, 6.45) is 1.61. The highest BCUT2D eigenvalue weighted by atomic mass is 16.6. The Morgan fingerprint density at radius 1 is 1.36 bits per heavy atom. The van der Waals surface area contributed by atoms with Gasteiger partial charge in [-0.1, -0.05) is 0 Å². The highest BCUT2D eigenvalue weighted by Crippen LogP contribution is 2.08. The highest BCUT2D eigenvalue weighted by molar-refractivity contribution is 5.68. The van der Waals surface area contributed by atoms with Gasteiger partial charge in [0.1, 0.15) is 6.10 Å². The first kappa shape index (κ1) is 11.3. The Morgan fingerprint density at radius 2 is 1.93 bits per heavy atom. The maximum absolute atomic E-state index is 11.4. The van der Waals surface area contributed by atoms with Crippen LogP contribution in [0.15, 0.2) is 0 Å². The number of carbonyl (C=O) groups is 1. The van der Waals surface area contributed by atoms with Crippen LogP contribution in [0.3, 0.4) is 0 Å². The van der Waals surface area contributed by atoms with Crippen molar-refractivity contribution in [1.82, 2.24) is 10.6 Å². The molecule has 1 fully saturated rings. The summed E-state index contributed by atoms with van der Waals surface area (Å²) in [6, 6.07) is 0. The van der Waals surface area contributed by atoms with Crippen LogP contribution in [0.2, 0.25) is 0 Å². The first-order valence-electron chi connectivity index (χ1n) is 5.17. The smallest absolute Gasteiger partial charge is 0.407 e. The molecule has 14 heavy (non-hydrogen) atoms. The third-order valence-electron chi connectivity index (χ3n) is 2.04. The van der Waals surface area contributed by atoms with Crippen LogP contribution < -0.4 is 10.6 Å². The van der Waals surface area contributed by atoms with Crippen molar-refractivity contribution in [3.63, 3.8) is 0 Å². The van der Waals surface area contributed by atoms with Crippen molar-refractivity contribution in [2.75, 3.05) is 13.1 Å². The Balaban J connectivity index is 2.25. The van der Waals surface area contributed by atoms with Gasteiger partial charge in [0.25, 0.3) is 0 Å². The Labute approximate surface area is 85.4 Å². The predicted octanol–water partition coefficient (Wildman–Crippen LogP) is 1.26. The minimum absolute atomic E-state index is 0.0820. The maximum Gasteiger partial charge on any atom is 0.407 e. The van der Waals surface area contributed by atoms with Crippen molar-refractivity contribution in [2.24, 2.45) is 0 Å². The molecule has 1 rings (SSSR count). The lowest BCUT2D eigenvalue weighted by atomic mass is 10.1. The van der Waals surface area contributed by atoms with Gasteiger partial charge >= 0.3 is 6.09 Å². The summed E-state index contributed by atoms with van der Waals surface area (Å²) in [5, 5.41) is 6.01. The third kappa shape index (κ3) is 4.46. The van der Waals surface area contributed by atoms with Crippen LogP contribution in [-0.2, 0) is 4.74 Å². The molecule has 0 unspecified atom stereocenters. The molecule has 1 aliphatic heterocycles. The number of amides is 1. The molecule has 0 aromatic carbocycles. The maximum atomic E-state index is 11.4. The fourth-order valence-corrected chi connectivity index (χ4v) is 1.40. The first-order chi connectivity index (χ1) is 6.47. The normalized spacial score (nSPS) is 19.1. The van der Waals surface area contributed by atoms with E-state index in [0.29, 0.717) is 0 Å². The quantitative estimate of drug-likeness (QED) is 0.670. The van der Waals surface area contributed by atoms with Crippen LogP contribution in [0.1, 0.15) is 33.6 Å². The zero-order valence-electron chi connectivity index (χ0n) is 9.22. The van der Waals surface area contributed by atoms with Crippen molar-refractivity contribution in [3.8, 4) is 0 Å². The summed E-state index contributed by atoms with van der Waals surface area (Å²) < 4.78 is 5.28. The van der Waals surface area contributed by atoms with Crippen molar-refractivity contribution in [1.29, 1.82) is 0 Å². The molecule has 1 saturated heterocycles. The monoisotopic (exact) mass is 200 g/mol. The number of nitrogens with one attached hydrogen (secondary N) is 2. The van der Waals surface area contributed by atoms with E-state index in [-0.39, 0.29) is 17.7 Å². The molecule has 82 valence electrons. The van der Waals surface area contributed by atoms with Gasteiger partial charge in [0.2, 0.25) is 0 Å². The second-order valence-electron chi connectivity index (χ2n) is 4.73. The lowest BCUT2D eigenvalue weighted by Gasteiger charge is -2.26. The molecule has 0 bridgehead atoms. The molecule has 0 aromatic rings. The average molecular weight is 200 g/mol. The summed E-state index contributed by atoms with van der Waals surface area (Å²) in [4.78, 5) is 11.4. The molecule has 0 spiro atoms. The average Bonchev–Trinajstić information content (AvgIpc) is 2.02. The summed E-state index contributed by atoms with van der Waals surface area (Å²) in [6.45, 7) is 7.70. The number of alkyl carbamates (subject to hydrolysis) is 1. The zero-order valence-corrected chi connectivity index (χ0v) is 9.22. The van der Waals surface area contributed by atoms with Crippen molar-refractivity contribution >= 4 is 6.09 Å². The molecule has 0 aromatic heterocycles. The van der Waals surface area contributed by atoms with E-state index in [1.54, 1.807) is 0 Å². The molecule has 0 saturated carbocycles. The van der Waals surface area contributed by atoms with E-state index in [2.05, 4.69) is 10.6 Å². The van der Waals surface area contributed by atoms with Gasteiger partial charge in [-0.15, -0.1) is 0 Å². The Kier molecular flexibility index (Phi) is 3.75. The molecule has 4 heteroatoms. The molecular weight excluding hydrogens is 180 g/mol. The van der Waals surface area contributed by atoms with E-state index in [1.165, 1.54) is 0 Å². The Hall–Kier alpha value is -0.770. The largest absolute Gasteiger partial charge is 0.446 e. The summed E-state index contributed by atoms with van der Waals surface area (Å²) in [7, 11) is 0. The second kappa shape index (κ2) is 4.64. The molecule has 0 radical (unpaired) electrons. The molecule has 0 aliphatic carbocycles. The van der Waals surface area contributed by atoms with Crippen molar-refractivity contribution < 1.29 is 9.53 Å². The van der Waals surface area contributed by atoms with Crippen LogP contribution in [-0.4, -0.2) is 30.8 Å². The SMILES string of the molecule is CC(C)(C)NC(=O)OC1CCNCC1. The molecular formula is C10H20N2O2. The Morgan fingerprint density at radius 3 is 2.43 bits per heavy atom. The first-order valence-corrected chi connectivity index (χ1v) is 5.17. The summed E-state index contributed by atoms with van der Waals surface area (Å²) >= 11 is 0. The van der Waals surface area contributed by atoms with E-state index >= 15 is 0 Å². The summed E-state index contributed by atoms with van der Waals surface area (Å²) in [5.41, 5.74) is -0.218. The highest BCUT2D eigenvalue weighted by Gasteiger charge is 2.20. The van der Waals surface area contributed by atoms with Gasteiger partial charge < -0.3 is 15.4 Å². The second-order valence-corrected chi connectivity index (χ2v) is 4.73. The number of hydrogen-bond donors (Lipinski definition) is 2. The van der Waals surface area contributed by atoms with E-state index in [9.17, 15) is 4.79 Å². The van der Waals surface area contributed by atoms with Crippen LogP contribution in [0.25, 0.3) is 0 Å². The van der Waals surface area contributed by atoms with Crippen LogP contribution in [0.5, 0.6) is 0 Å². The van der Waals surface area contributed by atoms with Gasteiger partial charge in [0, 0.05) is 5.54 Å². The minimum Gasteiger partial charge on any atom is -0.446 e. The van der Waals surface area contributed by atoms with Gasteiger partial charge in [-0.3, -0.25) is 0 Å². The van der Waals surface area contributed by atoms with E-state index in [4.69, 9.17) is 4.74 Å². The molecule has 1 aliphatic rings. The van der Waals surface area contributed by atoms with E-state index in [0.717, 1.165) is 25.9 Å². The van der Waals surface area contributed by atoms with Crippen LogP contribution in [0, 0.1) is 0 Å². The van der Waals surface area contributed by atoms with Gasteiger partial charge in [0.15, 0.2) is 0 Å². The predicted molar refractivity (Wildman–Crippen MR) is 55.3 cm³/mol. The van der Waals surface area contributed by atoms with Crippen molar-refractivity contribution in [2.45, 2.75) is 45.3 Å². The van der Waals surface area contributed by atoms with E-state index in [1.807, 2.05) is 20.8 Å². The lowest BCUT2D eigenvalue weighted by Crippen LogP contribution is -2.43. The topological polar surface area (TPSA) is 50.4 Å².